The second-order valence-corrected chi connectivity index (χ2v) is 7.12. The zero-order valence-electron chi connectivity index (χ0n) is 15.9. The van der Waals surface area contributed by atoms with E-state index in [1.165, 1.54) is 13.8 Å². The molecule has 0 amide bonds. The molecule has 0 saturated heterocycles. The van der Waals surface area contributed by atoms with Gasteiger partial charge in [-0.05, 0) is 32.0 Å². The average molecular weight is 452 g/mol. The summed E-state index contributed by atoms with van der Waals surface area (Å²) in [5.41, 5.74) is -3.32. The molecule has 13 heteroatoms. The van der Waals surface area contributed by atoms with Crippen LogP contribution in [0.1, 0.15) is 31.0 Å². The number of aliphatic hydroxyl groups is 1. The molecule has 0 unspecified atom stereocenters. The number of hydrogen-bond donors (Lipinski definition) is 2. The van der Waals surface area contributed by atoms with Crippen LogP contribution in [0.2, 0.25) is 0 Å². The molecule has 31 heavy (non-hydrogen) atoms. The molecule has 3 rings (SSSR count). The van der Waals surface area contributed by atoms with Gasteiger partial charge in [-0.2, -0.15) is 22.8 Å². The van der Waals surface area contributed by atoms with Crippen LogP contribution in [0.25, 0.3) is 5.65 Å². The largest absolute Gasteiger partial charge is 0.573 e. The number of halogens is 7. The van der Waals surface area contributed by atoms with E-state index < -0.39 is 41.3 Å². The van der Waals surface area contributed by atoms with E-state index >= 15 is 0 Å². The first-order chi connectivity index (χ1) is 14.1. The van der Waals surface area contributed by atoms with Gasteiger partial charge in [0.1, 0.15) is 23.7 Å². The van der Waals surface area contributed by atoms with Gasteiger partial charge >= 0.3 is 12.5 Å². The summed E-state index contributed by atoms with van der Waals surface area (Å²) in [6.07, 6.45) is -8.77. The summed E-state index contributed by atoms with van der Waals surface area (Å²) in [5, 5.41) is 16.9. The highest BCUT2D eigenvalue weighted by Crippen LogP contribution is 2.36. The van der Waals surface area contributed by atoms with Crippen molar-refractivity contribution in [3.63, 3.8) is 0 Å². The third-order valence-electron chi connectivity index (χ3n) is 4.22. The predicted molar refractivity (Wildman–Crippen MR) is 93.7 cm³/mol. The molecule has 0 aliphatic heterocycles. The SMILES string of the molecule is CC(C)(O)[C@@H](Nc1cc(C(F)(F)F)cc2ncnn12)c1ccc(OC(F)(F)F)cc1F. The molecule has 3 aromatic rings. The van der Waals surface area contributed by atoms with Gasteiger partial charge in [-0.15, -0.1) is 13.2 Å². The van der Waals surface area contributed by atoms with Crippen molar-refractivity contribution >= 4 is 11.5 Å². The fourth-order valence-electron chi connectivity index (χ4n) is 2.91. The van der Waals surface area contributed by atoms with Gasteiger partial charge in [0.2, 0.25) is 0 Å². The van der Waals surface area contributed by atoms with Gasteiger partial charge in [-0.25, -0.2) is 9.37 Å². The molecule has 1 aromatic carbocycles. The summed E-state index contributed by atoms with van der Waals surface area (Å²) in [4.78, 5) is 3.71. The molecule has 0 aliphatic rings. The number of rotatable bonds is 5. The Morgan fingerprint density at radius 1 is 1.06 bits per heavy atom. The minimum absolute atomic E-state index is 0.166. The quantitative estimate of drug-likeness (QED) is 0.549. The number of pyridine rings is 1. The van der Waals surface area contributed by atoms with Gasteiger partial charge in [0, 0.05) is 11.6 Å². The summed E-state index contributed by atoms with van der Waals surface area (Å²) < 4.78 is 96.1. The van der Waals surface area contributed by atoms with Crippen molar-refractivity contribution in [2.75, 3.05) is 5.32 Å². The van der Waals surface area contributed by atoms with Crippen LogP contribution in [0.4, 0.5) is 36.6 Å². The molecule has 0 radical (unpaired) electrons. The molecule has 0 spiro atoms. The Hall–Kier alpha value is -3.09. The first-order valence-corrected chi connectivity index (χ1v) is 8.60. The maximum absolute atomic E-state index is 14.6. The van der Waals surface area contributed by atoms with E-state index in [2.05, 4.69) is 20.1 Å². The van der Waals surface area contributed by atoms with Crippen LogP contribution in [0.3, 0.4) is 0 Å². The van der Waals surface area contributed by atoms with E-state index in [-0.39, 0.29) is 17.0 Å². The monoisotopic (exact) mass is 452 g/mol. The van der Waals surface area contributed by atoms with Crippen molar-refractivity contribution in [2.45, 2.75) is 38.0 Å². The van der Waals surface area contributed by atoms with Crippen LogP contribution in [0.5, 0.6) is 5.75 Å². The normalized spacial score (nSPS) is 14.0. The second kappa shape index (κ2) is 7.55. The zero-order chi connectivity index (χ0) is 23.2. The third-order valence-corrected chi connectivity index (χ3v) is 4.22. The molecule has 2 aromatic heterocycles. The zero-order valence-corrected chi connectivity index (χ0v) is 15.9. The molecule has 1 atom stereocenters. The summed E-state index contributed by atoms with van der Waals surface area (Å²) in [6.45, 7) is 2.49. The van der Waals surface area contributed by atoms with Crippen LogP contribution in [-0.2, 0) is 6.18 Å². The number of nitrogens with zero attached hydrogens (tertiary/aromatic N) is 3. The highest BCUT2D eigenvalue weighted by Gasteiger charge is 2.36. The van der Waals surface area contributed by atoms with Crippen LogP contribution in [0, 0.1) is 5.82 Å². The Morgan fingerprint density at radius 2 is 1.74 bits per heavy atom. The molecule has 2 heterocycles. The van der Waals surface area contributed by atoms with E-state index in [4.69, 9.17) is 0 Å². The lowest BCUT2D eigenvalue weighted by Crippen LogP contribution is -2.35. The number of alkyl halides is 6. The highest BCUT2D eigenvalue weighted by molar-refractivity contribution is 5.54. The summed E-state index contributed by atoms with van der Waals surface area (Å²) >= 11 is 0. The Balaban J connectivity index is 2.06. The van der Waals surface area contributed by atoms with Gasteiger partial charge < -0.3 is 15.2 Å². The maximum Gasteiger partial charge on any atom is 0.573 e. The van der Waals surface area contributed by atoms with Crippen LogP contribution < -0.4 is 10.1 Å². The number of aromatic nitrogens is 3. The fraction of sp³-hybridized carbons (Fsp3) is 0.333. The molecule has 6 nitrogen and oxygen atoms in total. The van der Waals surface area contributed by atoms with Gasteiger partial charge in [0.25, 0.3) is 0 Å². The average Bonchev–Trinajstić information content (AvgIpc) is 3.06. The van der Waals surface area contributed by atoms with Gasteiger partial charge in [-0.3, -0.25) is 0 Å². The first-order valence-electron chi connectivity index (χ1n) is 8.60. The number of benzene rings is 1. The number of anilines is 1. The Bertz CT molecular complexity index is 1090. The van der Waals surface area contributed by atoms with Crippen LogP contribution >= 0.6 is 0 Å². The molecule has 168 valence electrons. The summed E-state index contributed by atoms with van der Waals surface area (Å²) in [7, 11) is 0. The first kappa shape index (κ1) is 22.6. The smallest absolute Gasteiger partial charge is 0.406 e. The molecule has 0 bridgehead atoms. The lowest BCUT2D eigenvalue weighted by Gasteiger charge is -2.32. The molecule has 0 fully saturated rings. The number of nitrogens with one attached hydrogen (secondary N) is 1. The van der Waals surface area contributed by atoms with E-state index in [0.29, 0.717) is 12.1 Å². The standard InChI is InChI=1S/C18H15F7N4O2/c1-16(2,30)15(11-4-3-10(7-12(11)19)31-18(23,24)25)28-14-6-9(17(20,21)22)5-13-26-8-27-29(13)14/h3-8,15,28,30H,1-2H3/t15-/m0/s1. The van der Waals surface area contributed by atoms with Gasteiger partial charge in [0.05, 0.1) is 17.2 Å². The van der Waals surface area contributed by atoms with Crippen molar-refractivity contribution in [3.05, 3.63) is 53.6 Å². The van der Waals surface area contributed by atoms with E-state index in [1.807, 2.05) is 0 Å². The van der Waals surface area contributed by atoms with Gasteiger partial charge in [-0.1, -0.05) is 6.07 Å². The predicted octanol–water partition coefficient (Wildman–Crippen LogP) is 4.71. The molecular formula is C18H15F7N4O2. The Labute approximate surface area is 170 Å². The fourth-order valence-corrected chi connectivity index (χ4v) is 2.91. The van der Waals surface area contributed by atoms with E-state index in [9.17, 15) is 35.8 Å². The lowest BCUT2D eigenvalue weighted by molar-refractivity contribution is -0.274. The van der Waals surface area contributed by atoms with Crippen molar-refractivity contribution in [1.29, 1.82) is 0 Å². The number of hydrogen-bond acceptors (Lipinski definition) is 5. The third kappa shape index (κ3) is 5.16. The number of fused-ring (bicyclic) bond motifs is 1. The van der Waals surface area contributed by atoms with Crippen molar-refractivity contribution < 1.29 is 40.6 Å². The summed E-state index contributed by atoms with van der Waals surface area (Å²) in [6, 6.07) is 2.27. The van der Waals surface area contributed by atoms with Crippen molar-refractivity contribution in [1.82, 2.24) is 14.6 Å². The summed E-state index contributed by atoms with van der Waals surface area (Å²) in [5.74, 6) is -2.28. The minimum atomic E-state index is -5.04. The molecular weight excluding hydrogens is 437 g/mol. The van der Waals surface area contributed by atoms with Crippen LogP contribution in [0.15, 0.2) is 36.7 Å². The van der Waals surface area contributed by atoms with Crippen molar-refractivity contribution in [3.8, 4) is 5.75 Å². The molecule has 2 N–H and O–H groups in total. The Kier molecular flexibility index (Phi) is 5.50. The Morgan fingerprint density at radius 3 is 2.29 bits per heavy atom. The molecule has 0 saturated carbocycles. The van der Waals surface area contributed by atoms with E-state index in [1.54, 1.807) is 0 Å². The van der Waals surface area contributed by atoms with Gasteiger partial charge in [0.15, 0.2) is 5.65 Å². The molecule has 0 aliphatic carbocycles. The number of ether oxygens (including phenoxy) is 1. The second-order valence-electron chi connectivity index (χ2n) is 7.12. The van der Waals surface area contributed by atoms with E-state index in [0.717, 1.165) is 29.0 Å². The maximum atomic E-state index is 14.6. The van der Waals surface area contributed by atoms with Crippen LogP contribution in [-0.4, -0.2) is 31.7 Å². The highest BCUT2D eigenvalue weighted by atomic mass is 19.4. The lowest BCUT2D eigenvalue weighted by atomic mass is 9.91. The minimum Gasteiger partial charge on any atom is -0.406 e. The topological polar surface area (TPSA) is 71.7 Å². The van der Waals surface area contributed by atoms with Crippen molar-refractivity contribution in [2.24, 2.45) is 0 Å².